The highest BCUT2D eigenvalue weighted by Gasteiger charge is 2.53. The summed E-state index contributed by atoms with van der Waals surface area (Å²) in [4.78, 5) is 9.05. The first-order valence-corrected chi connectivity index (χ1v) is 9.60. The molecule has 7 nitrogen and oxygen atoms in total. The molecule has 0 spiro atoms. The second-order valence-corrected chi connectivity index (χ2v) is 7.67. The van der Waals surface area contributed by atoms with Crippen LogP contribution in [0.4, 0.5) is 0 Å². The first-order valence-electron chi connectivity index (χ1n) is 9.60. The number of aromatic nitrogens is 3. The van der Waals surface area contributed by atoms with Gasteiger partial charge in [-0.2, -0.15) is 5.10 Å². The van der Waals surface area contributed by atoms with Gasteiger partial charge in [0.15, 0.2) is 5.96 Å². The molecule has 4 rings (SSSR count). The van der Waals surface area contributed by atoms with Crippen LogP contribution in [0.1, 0.15) is 49.4 Å². The zero-order chi connectivity index (χ0) is 19.0. The van der Waals surface area contributed by atoms with Gasteiger partial charge in [-0.3, -0.25) is 4.99 Å². The molecule has 2 aliphatic rings. The summed E-state index contributed by atoms with van der Waals surface area (Å²) in [6.45, 7) is 5.16. The Hall–Kier alpha value is -1.84. The number of nitrogens with zero attached hydrogens (tertiary/aromatic N) is 4. The van der Waals surface area contributed by atoms with Gasteiger partial charge in [0.2, 0.25) is 0 Å². The molecule has 28 heavy (non-hydrogen) atoms. The Morgan fingerprint density at radius 2 is 2.11 bits per heavy atom. The van der Waals surface area contributed by atoms with Gasteiger partial charge in [0.1, 0.15) is 17.4 Å². The monoisotopic (exact) mass is 496 g/mol. The molecule has 2 N–H and O–H groups in total. The molecule has 0 amide bonds. The predicted octanol–water partition coefficient (Wildman–Crippen LogP) is 2.94. The molecule has 0 radical (unpaired) electrons. The largest absolute Gasteiger partial charge is 0.496 e. The lowest BCUT2D eigenvalue weighted by molar-refractivity contribution is 0.396. The first kappa shape index (κ1) is 20.9. The van der Waals surface area contributed by atoms with Crippen LogP contribution in [0, 0.1) is 6.92 Å². The SMILES string of the molecule is CN=C(NC1CCCn2nc(C)nc21)NC1CC1(C)c1ccccc1OC.I. The van der Waals surface area contributed by atoms with E-state index in [4.69, 9.17) is 4.74 Å². The molecule has 3 atom stereocenters. The van der Waals surface area contributed by atoms with E-state index in [1.807, 2.05) is 30.8 Å². The third-order valence-corrected chi connectivity index (χ3v) is 5.79. The summed E-state index contributed by atoms with van der Waals surface area (Å²) in [5.74, 6) is 3.60. The van der Waals surface area contributed by atoms with Crippen LogP contribution in [-0.4, -0.2) is 40.9 Å². The van der Waals surface area contributed by atoms with Gasteiger partial charge in [0.25, 0.3) is 0 Å². The molecule has 1 aliphatic carbocycles. The van der Waals surface area contributed by atoms with Gasteiger partial charge in [0, 0.05) is 30.6 Å². The Kier molecular flexibility index (Phi) is 6.16. The van der Waals surface area contributed by atoms with Crippen molar-refractivity contribution in [3.05, 3.63) is 41.5 Å². The minimum Gasteiger partial charge on any atom is -0.496 e. The maximum absolute atomic E-state index is 5.56. The van der Waals surface area contributed by atoms with Gasteiger partial charge in [0.05, 0.1) is 13.2 Å². The summed E-state index contributed by atoms with van der Waals surface area (Å²) in [6, 6.07) is 8.73. The summed E-state index contributed by atoms with van der Waals surface area (Å²) >= 11 is 0. The number of benzene rings is 1. The van der Waals surface area contributed by atoms with Gasteiger partial charge >= 0.3 is 0 Å². The van der Waals surface area contributed by atoms with E-state index >= 15 is 0 Å². The highest BCUT2D eigenvalue weighted by atomic mass is 127. The maximum Gasteiger partial charge on any atom is 0.191 e. The van der Waals surface area contributed by atoms with Crippen LogP contribution in [0.25, 0.3) is 0 Å². The third kappa shape index (κ3) is 3.83. The number of halogens is 1. The van der Waals surface area contributed by atoms with Crippen molar-refractivity contribution in [1.29, 1.82) is 0 Å². The van der Waals surface area contributed by atoms with Crippen LogP contribution in [0.3, 0.4) is 0 Å². The Labute approximate surface area is 183 Å². The molecular weight excluding hydrogens is 467 g/mol. The zero-order valence-corrected chi connectivity index (χ0v) is 19.2. The molecule has 0 saturated heterocycles. The fraction of sp³-hybridized carbons (Fsp3) is 0.550. The van der Waals surface area contributed by atoms with Crippen molar-refractivity contribution in [3.8, 4) is 5.75 Å². The molecule has 0 bridgehead atoms. The van der Waals surface area contributed by atoms with Crippen LogP contribution in [0.2, 0.25) is 0 Å². The average Bonchev–Trinajstić information content (AvgIpc) is 3.16. The number of ether oxygens (including phenoxy) is 1. The quantitative estimate of drug-likeness (QED) is 0.387. The molecule has 3 unspecified atom stereocenters. The van der Waals surface area contributed by atoms with E-state index in [0.717, 1.165) is 49.2 Å². The predicted molar refractivity (Wildman–Crippen MR) is 121 cm³/mol. The van der Waals surface area contributed by atoms with Gasteiger partial charge < -0.3 is 15.4 Å². The van der Waals surface area contributed by atoms with Crippen LogP contribution in [0.5, 0.6) is 5.75 Å². The van der Waals surface area contributed by atoms with Crippen molar-refractivity contribution in [1.82, 2.24) is 25.4 Å². The van der Waals surface area contributed by atoms with Crippen molar-refractivity contribution in [2.24, 2.45) is 4.99 Å². The highest BCUT2D eigenvalue weighted by molar-refractivity contribution is 14.0. The molecule has 1 fully saturated rings. The van der Waals surface area contributed by atoms with Crippen LogP contribution >= 0.6 is 24.0 Å². The number of aliphatic imine (C=N–C) groups is 1. The first-order chi connectivity index (χ1) is 13.0. The average molecular weight is 496 g/mol. The molecule has 1 saturated carbocycles. The van der Waals surface area contributed by atoms with Gasteiger partial charge in [-0.15, -0.1) is 24.0 Å². The zero-order valence-electron chi connectivity index (χ0n) is 16.9. The molecule has 1 aliphatic heterocycles. The maximum atomic E-state index is 5.56. The van der Waals surface area contributed by atoms with Crippen molar-refractivity contribution in [2.45, 2.75) is 57.2 Å². The smallest absolute Gasteiger partial charge is 0.191 e. The van der Waals surface area contributed by atoms with E-state index in [9.17, 15) is 0 Å². The van der Waals surface area contributed by atoms with Crippen LogP contribution in [-0.2, 0) is 12.0 Å². The van der Waals surface area contributed by atoms with E-state index in [-0.39, 0.29) is 35.4 Å². The summed E-state index contributed by atoms with van der Waals surface area (Å²) in [7, 11) is 3.55. The number of aryl methyl sites for hydroxylation is 2. The molecule has 1 aromatic heterocycles. The van der Waals surface area contributed by atoms with E-state index in [0.29, 0.717) is 6.04 Å². The highest BCUT2D eigenvalue weighted by Crippen LogP contribution is 2.51. The lowest BCUT2D eigenvalue weighted by Gasteiger charge is -2.25. The summed E-state index contributed by atoms with van der Waals surface area (Å²) in [5, 5.41) is 11.6. The molecule has 1 aromatic carbocycles. The van der Waals surface area contributed by atoms with Crippen molar-refractivity contribution in [3.63, 3.8) is 0 Å². The molecule has 2 aromatic rings. The molecular formula is C20H29IN6O. The topological polar surface area (TPSA) is 76.4 Å². The van der Waals surface area contributed by atoms with Crippen LogP contribution in [0.15, 0.2) is 29.3 Å². The van der Waals surface area contributed by atoms with Gasteiger partial charge in [-0.05, 0) is 32.3 Å². The second kappa shape index (κ2) is 8.26. The van der Waals surface area contributed by atoms with E-state index in [2.05, 4.69) is 44.8 Å². The number of nitrogens with one attached hydrogen (secondary N) is 2. The number of hydrogen-bond donors (Lipinski definition) is 2. The number of hydrogen-bond acceptors (Lipinski definition) is 4. The summed E-state index contributed by atoms with van der Waals surface area (Å²) in [6.07, 6.45) is 3.17. The van der Waals surface area contributed by atoms with E-state index in [1.54, 1.807) is 7.11 Å². The fourth-order valence-corrected chi connectivity index (χ4v) is 4.10. The summed E-state index contributed by atoms with van der Waals surface area (Å²) < 4.78 is 7.58. The summed E-state index contributed by atoms with van der Waals surface area (Å²) in [5.41, 5.74) is 1.29. The van der Waals surface area contributed by atoms with Crippen molar-refractivity contribution in [2.75, 3.05) is 14.2 Å². The number of methoxy groups -OCH3 is 1. The Balaban J connectivity index is 0.00000225. The molecule has 8 heteroatoms. The number of fused-ring (bicyclic) bond motifs is 1. The Morgan fingerprint density at radius 1 is 1.32 bits per heavy atom. The Morgan fingerprint density at radius 3 is 2.86 bits per heavy atom. The van der Waals surface area contributed by atoms with E-state index < -0.39 is 0 Å². The third-order valence-electron chi connectivity index (χ3n) is 5.79. The fourth-order valence-electron chi connectivity index (χ4n) is 4.10. The molecule has 2 heterocycles. The minimum absolute atomic E-state index is 0. The van der Waals surface area contributed by atoms with Crippen molar-refractivity contribution < 1.29 is 4.74 Å². The number of para-hydroxylation sites is 1. The Bertz CT molecular complexity index is 866. The number of guanidine groups is 1. The number of rotatable bonds is 4. The van der Waals surface area contributed by atoms with Gasteiger partial charge in [-0.25, -0.2) is 9.67 Å². The van der Waals surface area contributed by atoms with Crippen LogP contribution < -0.4 is 15.4 Å². The van der Waals surface area contributed by atoms with Crippen molar-refractivity contribution >= 4 is 29.9 Å². The van der Waals surface area contributed by atoms with Gasteiger partial charge in [-0.1, -0.05) is 25.1 Å². The standard InChI is InChI=1S/C20H28N6O.HI/c1-13-22-18-15(9-7-11-26(18)25-13)23-19(21-3)24-17-12-20(17,2)14-8-5-6-10-16(14)27-4;/h5-6,8,10,15,17H,7,9,11-12H2,1-4H3,(H2,21,23,24);1H. The molecule has 152 valence electrons. The van der Waals surface area contributed by atoms with E-state index in [1.165, 1.54) is 5.56 Å². The lowest BCUT2D eigenvalue weighted by Crippen LogP contribution is -2.43. The minimum atomic E-state index is 0. The second-order valence-electron chi connectivity index (χ2n) is 7.67. The lowest BCUT2D eigenvalue weighted by atomic mass is 9.96. The normalized spacial score (nSPS) is 26.1.